The Morgan fingerprint density at radius 1 is 1.50 bits per heavy atom. The van der Waals surface area contributed by atoms with Crippen molar-refractivity contribution < 1.29 is 8.42 Å². The smallest absolute Gasteiger partial charge is 0.150 e. The zero-order valence-corrected chi connectivity index (χ0v) is 11.9. The van der Waals surface area contributed by atoms with Gasteiger partial charge in [0.05, 0.1) is 5.75 Å². The molecule has 0 aliphatic carbocycles. The highest BCUT2D eigenvalue weighted by molar-refractivity contribution is 8.00. The first-order valence-corrected chi connectivity index (χ1v) is 8.95. The average molecular weight is 265 g/mol. The van der Waals surface area contributed by atoms with Gasteiger partial charge in [0, 0.05) is 17.0 Å². The van der Waals surface area contributed by atoms with Gasteiger partial charge in [-0.05, 0) is 38.5 Å². The summed E-state index contributed by atoms with van der Waals surface area (Å²) in [4.78, 5) is 0. The van der Waals surface area contributed by atoms with E-state index in [2.05, 4.69) is 5.32 Å². The number of thioether (sulfide) groups is 1. The Hall–Kier alpha value is 0.260. The SMILES string of the molecule is CCS(=O)(=O)CCCC(NC)C1CCCS1. The molecule has 2 unspecified atom stereocenters. The largest absolute Gasteiger partial charge is 0.316 e. The molecule has 1 saturated heterocycles. The zero-order chi connectivity index (χ0) is 12.0. The molecule has 1 N–H and O–H groups in total. The van der Waals surface area contributed by atoms with Crippen molar-refractivity contribution in [3.8, 4) is 0 Å². The Kier molecular flexibility index (Phi) is 6.15. The van der Waals surface area contributed by atoms with Crippen LogP contribution in [0.5, 0.6) is 0 Å². The summed E-state index contributed by atoms with van der Waals surface area (Å²) in [7, 11) is -0.797. The van der Waals surface area contributed by atoms with Crippen molar-refractivity contribution in [3.05, 3.63) is 0 Å². The van der Waals surface area contributed by atoms with Crippen molar-refractivity contribution >= 4 is 21.6 Å². The molecule has 1 fully saturated rings. The van der Waals surface area contributed by atoms with Gasteiger partial charge in [-0.15, -0.1) is 0 Å². The molecule has 0 spiro atoms. The third-order valence-corrected chi connectivity index (χ3v) is 6.50. The fraction of sp³-hybridized carbons (Fsp3) is 1.00. The Morgan fingerprint density at radius 2 is 2.25 bits per heavy atom. The van der Waals surface area contributed by atoms with Crippen molar-refractivity contribution in [1.29, 1.82) is 0 Å². The van der Waals surface area contributed by atoms with Gasteiger partial charge in [-0.2, -0.15) is 11.8 Å². The fourth-order valence-corrected chi connectivity index (χ4v) is 4.47. The molecule has 1 aliphatic rings. The van der Waals surface area contributed by atoms with Crippen LogP contribution < -0.4 is 5.32 Å². The van der Waals surface area contributed by atoms with Crippen LogP contribution in [0.3, 0.4) is 0 Å². The van der Waals surface area contributed by atoms with Gasteiger partial charge in [0.15, 0.2) is 0 Å². The van der Waals surface area contributed by atoms with Crippen molar-refractivity contribution in [3.63, 3.8) is 0 Å². The van der Waals surface area contributed by atoms with Crippen LogP contribution in [0.4, 0.5) is 0 Å². The molecule has 0 amide bonds. The normalized spacial score (nSPS) is 23.5. The van der Waals surface area contributed by atoms with Crippen LogP contribution >= 0.6 is 11.8 Å². The molecule has 3 nitrogen and oxygen atoms in total. The van der Waals surface area contributed by atoms with Crippen molar-refractivity contribution in [2.24, 2.45) is 0 Å². The number of nitrogens with one attached hydrogen (secondary N) is 1. The summed E-state index contributed by atoms with van der Waals surface area (Å²) in [5, 5.41) is 4.02. The van der Waals surface area contributed by atoms with Gasteiger partial charge in [0.25, 0.3) is 0 Å². The van der Waals surface area contributed by atoms with Gasteiger partial charge in [-0.3, -0.25) is 0 Å². The lowest BCUT2D eigenvalue weighted by Crippen LogP contribution is -2.34. The molecule has 0 aromatic carbocycles. The first-order valence-electron chi connectivity index (χ1n) is 6.08. The summed E-state index contributed by atoms with van der Waals surface area (Å²) in [6.45, 7) is 1.72. The first kappa shape index (κ1) is 14.3. The van der Waals surface area contributed by atoms with Crippen molar-refractivity contribution in [1.82, 2.24) is 5.32 Å². The van der Waals surface area contributed by atoms with Gasteiger partial charge in [0.2, 0.25) is 0 Å². The van der Waals surface area contributed by atoms with E-state index >= 15 is 0 Å². The highest BCUT2D eigenvalue weighted by atomic mass is 32.2. The Bertz CT molecular complexity index is 284. The van der Waals surface area contributed by atoms with E-state index < -0.39 is 9.84 Å². The van der Waals surface area contributed by atoms with E-state index in [4.69, 9.17) is 0 Å². The molecule has 2 atom stereocenters. The van der Waals surface area contributed by atoms with Gasteiger partial charge >= 0.3 is 0 Å². The van der Waals surface area contributed by atoms with E-state index in [0.717, 1.165) is 12.8 Å². The second-order valence-corrected chi connectivity index (χ2v) is 8.15. The molecule has 1 heterocycles. The maximum atomic E-state index is 11.4. The van der Waals surface area contributed by atoms with Crippen LogP contribution in [0.1, 0.15) is 32.6 Å². The topological polar surface area (TPSA) is 46.2 Å². The third-order valence-electron chi connectivity index (χ3n) is 3.19. The van der Waals surface area contributed by atoms with Crippen molar-refractivity contribution in [2.75, 3.05) is 24.3 Å². The monoisotopic (exact) mass is 265 g/mol. The minimum absolute atomic E-state index is 0.273. The van der Waals surface area contributed by atoms with Crippen LogP contribution in [-0.4, -0.2) is 44.0 Å². The molecule has 16 heavy (non-hydrogen) atoms. The predicted molar refractivity (Wildman–Crippen MR) is 71.9 cm³/mol. The maximum absolute atomic E-state index is 11.4. The second-order valence-electron chi connectivity index (χ2n) is 4.33. The lowest BCUT2D eigenvalue weighted by molar-refractivity contribution is 0.487. The summed E-state index contributed by atoms with van der Waals surface area (Å²) >= 11 is 2.03. The quantitative estimate of drug-likeness (QED) is 0.761. The number of sulfone groups is 1. The summed E-state index contributed by atoms with van der Waals surface area (Å²) in [5.74, 6) is 1.88. The molecular weight excluding hydrogens is 242 g/mol. The van der Waals surface area contributed by atoms with Gasteiger partial charge < -0.3 is 5.32 Å². The average Bonchev–Trinajstić information content (AvgIpc) is 2.78. The van der Waals surface area contributed by atoms with E-state index in [1.54, 1.807) is 6.92 Å². The Labute approximate surface area is 104 Å². The standard InChI is InChI=1S/C11H23NO2S2/c1-3-16(13,14)9-5-6-10(12-2)11-7-4-8-15-11/h10-12H,3-9H2,1-2H3. The number of hydrogen-bond donors (Lipinski definition) is 1. The van der Waals surface area contributed by atoms with E-state index in [-0.39, 0.29) is 5.75 Å². The summed E-state index contributed by atoms with van der Waals surface area (Å²) < 4.78 is 22.7. The Morgan fingerprint density at radius 3 is 2.75 bits per heavy atom. The minimum Gasteiger partial charge on any atom is -0.316 e. The third kappa shape index (κ3) is 4.63. The van der Waals surface area contributed by atoms with E-state index in [0.29, 0.717) is 17.0 Å². The van der Waals surface area contributed by atoms with Crippen LogP contribution in [-0.2, 0) is 9.84 Å². The van der Waals surface area contributed by atoms with E-state index in [1.807, 2.05) is 18.8 Å². The summed E-state index contributed by atoms with van der Waals surface area (Å²) in [5.41, 5.74) is 0. The van der Waals surface area contributed by atoms with Crippen LogP contribution in [0, 0.1) is 0 Å². The molecule has 0 radical (unpaired) electrons. The molecule has 1 aliphatic heterocycles. The predicted octanol–water partition coefficient (Wildman–Crippen LogP) is 1.68. The molecule has 96 valence electrons. The van der Waals surface area contributed by atoms with Gasteiger partial charge in [-0.1, -0.05) is 6.92 Å². The number of hydrogen-bond acceptors (Lipinski definition) is 4. The molecule has 0 saturated carbocycles. The lowest BCUT2D eigenvalue weighted by Gasteiger charge is -2.22. The summed E-state index contributed by atoms with van der Waals surface area (Å²) in [6.07, 6.45) is 4.35. The lowest BCUT2D eigenvalue weighted by atomic mass is 10.1. The molecular formula is C11H23NO2S2. The maximum Gasteiger partial charge on any atom is 0.150 e. The van der Waals surface area contributed by atoms with Crippen LogP contribution in [0.2, 0.25) is 0 Å². The van der Waals surface area contributed by atoms with Crippen LogP contribution in [0.15, 0.2) is 0 Å². The molecule has 5 heteroatoms. The highest BCUT2D eigenvalue weighted by Gasteiger charge is 2.24. The molecule has 0 aromatic heterocycles. The Balaban J connectivity index is 2.29. The van der Waals surface area contributed by atoms with E-state index in [9.17, 15) is 8.42 Å². The zero-order valence-electron chi connectivity index (χ0n) is 10.2. The fourth-order valence-electron chi connectivity index (χ4n) is 2.10. The van der Waals surface area contributed by atoms with Gasteiger partial charge in [0.1, 0.15) is 9.84 Å². The minimum atomic E-state index is -2.78. The number of rotatable bonds is 7. The molecule has 1 rings (SSSR count). The van der Waals surface area contributed by atoms with E-state index in [1.165, 1.54) is 18.6 Å². The first-order chi connectivity index (χ1) is 7.59. The molecule has 0 aromatic rings. The van der Waals surface area contributed by atoms with Gasteiger partial charge in [-0.25, -0.2) is 8.42 Å². The second kappa shape index (κ2) is 6.87. The van der Waals surface area contributed by atoms with Crippen molar-refractivity contribution in [2.45, 2.75) is 43.9 Å². The van der Waals surface area contributed by atoms with Crippen LogP contribution in [0.25, 0.3) is 0 Å². The highest BCUT2D eigenvalue weighted by Crippen LogP contribution is 2.30. The molecule has 0 bridgehead atoms. The summed E-state index contributed by atoms with van der Waals surface area (Å²) in [6, 6.07) is 0.486.